The van der Waals surface area contributed by atoms with Crippen LogP contribution in [-0.4, -0.2) is 46.2 Å². The predicted molar refractivity (Wildman–Crippen MR) is 83.4 cm³/mol. The van der Waals surface area contributed by atoms with Gasteiger partial charge in [0.05, 0.1) is 12.3 Å². The number of aromatic hydroxyl groups is 1. The molecule has 0 saturated carbocycles. The van der Waals surface area contributed by atoms with Crippen molar-refractivity contribution in [2.45, 2.75) is 37.8 Å². The highest BCUT2D eigenvalue weighted by atomic mass is 19.4. The zero-order chi connectivity index (χ0) is 20.6. The fraction of sp³-hybridized carbons (Fsp3) is 0.500. The van der Waals surface area contributed by atoms with Crippen molar-refractivity contribution in [3.63, 3.8) is 0 Å². The van der Waals surface area contributed by atoms with Gasteiger partial charge in [-0.05, 0) is 12.1 Å². The van der Waals surface area contributed by atoms with Gasteiger partial charge < -0.3 is 5.11 Å². The summed E-state index contributed by atoms with van der Waals surface area (Å²) in [4.78, 5) is 0. The minimum absolute atomic E-state index is 0.0454. The third kappa shape index (κ3) is 4.01. The number of benzene rings is 1. The second-order valence-electron chi connectivity index (χ2n) is 6.21. The number of nitrogens with one attached hydrogen (secondary N) is 1. The van der Waals surface area contributed by atoms with Crippen LogP contribution in [-0.2, 0) is 0 Å². The van der Waals surface area contributed by atoms with Crippen LogP contribution in [0.4, 0.5) is 30.7 Å². The Balaban J connectivity index is 2.10. The summed E-state index contributed by atoms with van der Waals surface area (Å²) >= 11 is 0. The first-order chi connectivity index (χ1) is 12.3. The maximum absolute atomic E-state index is 13.4. The van der Waals surface area contributed by atoms with Crippen LogP contribution in [0.15, 0.2) is 29.4 Å². The van der Waals surface area contributed by atoms with Gasteiger partial charge in [0.1, 0.15) is 11.6 Å². The summed E-state index contributed by atoms with van der Waals surface area (Å²) in [7, 11) is 0. The molecule has 1 heterocycles. The Labute approximate surface area is 149 Å². The number of rotatable bonds is 5. The minimum atomic E-state index is -6.39. The molecule has 1 atom stereocenters. The topological polar surface area (TPSA) is 59.7 Å². The molecule has 0 fully saturated rings. The number of hydrogen-bond acceptors (Lipinski definition) is 3. The van der Waals surface area contributed by atoms with Gasteiger partial charge in [-0.3, -0.25) is 10.4 Å². The Morgan fingerprint density at radius 2 is 1.78 bits per heavy atom. The lowest BCUT2D eigenvalue weighted by Crippen LogP contribution is -2.52. The molecule has 2 rings (SSSR count). The van der Waals surface area contributed by atoms with E-state index in [-0.39, 0.29) is 18.2 Å². The van der Waals surface area contributed by atoms with Gasteiger partial charge in [-0.1, -0.05) is 19.1 Å². The van der Waals surface area contributed by atoms with E-state index < -0.39 is 36.7 Å². The average Bonchev–Trinajstić information content (AvgIpc) is 2.93. The Morgan fingerprint density at radius 3 is 2.33 bits per heavy atom. The van der Waals surface area contributed by atoms with E-state index >= 15 is 0 Å². The van der Waals surface area contributed by atoms with E-state index in [9.17, 15) is 35.8 Å². The molecule has 1 aliphatic heterocycles. The monoisotopic (exact) mass is 399 g/mol. The van der Waals surface area contributed by atoms with Gasteiger partial charge in [-0.2, -0.15) is 35.8 Å². The number of phenols is 1. The van der Waals surface area contributed by atoms with Crippen LogP contribution >= 0.6 is 0 Å². The van der Waals surface area contributed by atoms with Crippen molar-refractivity contribution in [2.24, 2.45) is 11.0 Å². The largest absolute Gasteiger partial charge is 0.507 e. The van der Waals surface area contributed by atoms with E-state index in [1.165, 1.54) is 6.07 Å². The summed E-state index contributed by atoms with van der Waals surface area (Å²) in [6.07, 6.45) is -9.27. The number of hydrogen-bond donors (Lipinski definition) is 2. The Bertz CT molecular complexity index is 746. The van der Waals surface area contributed by atoms with Crippen molar-refractivity contribution >= 4 is 11.5 Å². The van der Waals surface area contributed by atoms with E-state index in [1.54, 1.807) is 25.1 Å². The van der Waals surface area contributed by atoms with Gasteiger partial charge >= 0.3 is 18.0 Å². The molecule has 0 spiro atoms. The van der Waals surface area contributed by atoms with E-state index in [1.807, 2.05) is 0 Å². The molecule has 150 valence electrons. The third-order valence-electron chi connectivity index (χ3n) is 4.12. The second-order valence-corrected chi connectivity index (χ2v) is 6.21. The van der Waals surface area contributed by atoms with E-state index in [0.29, 0.717) is 11.3 Å². The first-order valence-electron chi connectivity index (χ1n) is 7.82. The molecule has 4 nitrogen and oxygen atoms in total. The number of hydrazone groups is 1. The highest BCUT2D eigenvalue weighted by molar-refractivity contribution is 6.06. The fourth-order valence-electron chi connectivity index (χ4n) is 2.56. The molecular weight excluding hydrogens is 383 g/mol. The highest BCUT2D eigenvalue weighted by Crippen LogP contribution is 2.48. The van der Waals surface area contributed by atoms with E-state index in [2.05, 4.69) is 5.10 Å². The predicted octanol–water partition coefficient (Wildman–Crippen LogP) is 4.64. The number of alkyl halides is 7. The van der Waals surface area contributed by atoms with Crippen LogP contribution in [0, 0.1) is 11.3 Å². The maximum Gasteiger partial charge on any atom is 0.459 e. The summed E-state index contributed by atoms with van der Waals surface area (Å²) in [6.45, 7) is 1.73. The molecule has 27 heavy (non-hydrogen) atoms. The van der Waals surface area contributed by atoms with Gasteiger partial charge in [0, 0.05) is 24.3 Å². The molecule has 1 aromatic rings. The molecule has 0 aromatic heterocycles. The number of nitrogens with zero attached hydrogens (tertiary/aromatic N) is 2. The number of phenolic OH excluding ortho intramolecular Hbond substituents is 1. The van der Waals surface area contributed by atoms with Crippen LogP contribution in [0.25, 0.3) is 0 Å². The van der Waals surface area contributed by atoms with Crippen LogP contribution in [0.5, 0.6) is 5.75 Å². The van der Waals surface area contributed by atoms with Gasteiger partial charge in [0.15, 0.2) is 0 Å². The molecule has 2 N–H and O–H groups in total. The van der Waals surface area contributed by atoms with Crippen molar-refractivity contribution in [1.82, 2.24) is 5.01 Å². The van der Waals surface area contributed by atoms with Gasteiger partial charge in [-0.25, -0.2) is 0 Å². The summed E-state index contributed by atoms with van der Waals surface area (Å²) in [5.74, 6) is -12.6. The van der Waals surface area contributed by atoms with Crippen molar-refractivity contribution in [2.75, 3.05) is 6.54 Å². The summed E-state index contributed by atoms with van der Waals surface area (Å²) in [6, 6.07) is 6.15. The van der Waals surface area contributed by atoms with E-state index in [4.69, 9.17) is 5.41 Å². The Kier molecular flexibility index (Phi) is 5.44. The molecule has 1 aliphatic rings. The first-order valence-corrected chi connectivity index (χ1v) is 7.82. The SMILES string of the molecule is CC1CN(C(=N)CCC(F)(F)C(F)(F)C(F)(F)F)N=C1c1ccccc1O. The zero-order valence-electron chi connectivity index (χ0n) is 14.0. The molecular formula is C16H16F7N3O. The highest BCUT2D eigenvalue weighted by Gasteiger charge is 2.72. The van der Waals surface area contributed by atoms with Gasteiger partial charge in [-0.15, -0.1) is 0 Å². The Morgan fingerprint density at radius 1 is 1.19 bits per heavy atom. The molecule has 11 heteroatoms. The van der Waals surface area contributed by atoms with Crippen molar-refractivity contribution in [3.05, 3.63) is 29.8 Å². The van der Waals surface area contributed by atoms with Gasteiger partial charge in [0.25, 0.3) is 0 Å². The van der Waals surface area contributed by atoms with Gasteiger partial charge in [0.2, 0.25) is 0 Å². The molecule has 0 aliphatic carbocycles. The maximum atomic E-state index is 13.4. The summed E-state index contributed by atoms with van der Waals surface area (Å²) in [5.41, 5.74) is 0.708. The molecule has 0 bridgehead atoms. The number of amidine groups is 1. The summed E-state index contributed by atoms with van der Waals surface area (Å²) < 4.78 is 89.0. The van der Waals surface area contributed by atoms with Crippen molar-refractivity contribution in [3.8, 4) is 5.75 Å². The van der Waals surface area contributed by atoms with Crippen LogP contribution in [0.1, 0.15) is 25.3 Å². The number of halogens is 7. The van der Waals surface area contributed by atoms with Crippen LogP contribution < -0.4 is 0 Å². The number of para-hydroxylation sites is 1. The van der Waals surface area contributed by atoms with Crippen molar-refractivity contribution < 1.29 is 35.8 Å². The smallest absolute Gasteiger partial charge is 0.459 e. The lowest BCUT2D eigenvalue weighted by molar-refractivity contribution is -0.355. The third-order valence-corrected chi connectivity index (χ3v) is 4.12. The van der Waals surface area contributed by atoms with Crippen LogP contribution in [0.3, 0.4) is 0 Å². The lowest BCUT2D eigenvalue weighted by Gasteiger charge is -2.28. The van der Waals surface area contributed by atoms with E-state index in [0.717, 1.165) is 5.01 Å². The standard InChI is InChI=1S/C16H16F7N3O/c1-9-8-26(25-13(9)10-4-2-3-5-11(10)27)12(24)6-7-14(17,18)15(19,20)16(21,22)23/h2-5,9,24,27H,6-8H2,1H3. The quantitative estimate of drug-likeness (QED) is 0.431. The molecule has 0 saturated heterocycles. The zero-order valence-corrected chi connectivity index (χ0v) is 14.0. The summed E-state index contributed by atoms with van der Waals surface area (Å²) in [5, 5.41) is 22.5. The molecule has 0 amide bonds. The normalized spacial score (nSPS) is 18.6. The molecule has 1 unspecified atom stereocenters. The molecule has 1 aromatic carbocycles. The second kappa shape index (κ2) is 7.01. The van der Waals surface area contributed by atoms with Crippen molar-refractivity contribution in [1.29, 1.82) is 5.41 Å². The lowest BCUT2D eigenvalue weighted by atomic mass is 9.98. The Hall–Kier alpha value is -2.33. The van der Waals surface area contributed by atoms with Crippen LogP contribution in [0.2, 0.25) is 0 Å². The fourth-order valence-corrected chi connectivity index (χ4v) is 2.56. The minimum Gasteiger partial charge on any atom is -0.507 e. The average molecular weight is 399 g/mol. The molecule has 0 radical (unpaired) electrons. The first kappa shape index (κ1) is 21.0.